The van der Waals surface area contributed by atoms with Crippen LogP contribution in [0.2, 0.25) is 0 Å². The number of aromatic hydroxyl groups is 1. The topological polar surface area (TPSA) is 79.1 Å². The molecule has 2 N–H and O–H groups in total. The van der Waals surface area contributed by atoms with E-state index < -0.39 is 0 Å². The average molecular weight is 336 g/mol. The SMILES string of the molecule is Oc1cc(-n2cccn2)ccc1-c1ccc(N2CCCNCC2)nn1. The molecule has 0 bridgehead atoms. The number of aromatic nitrogens is 4. The van der Waals surface area contributed by atoms with Gasteiger partial charge in [0.1, 0.15) is 5.75 Å². The fraction of sp³-hybridized carbons (Fsp3) is 0.278. The second-order valence-corrected chi connectivity index (χ2v) is 6.02. The molecule has 0 saturated carbocycles. The maximum atomic E-state index is 10.4. The summed E-state index contributed by atoms with van der Waals surface area (Å²) >= 11 is 0. The summed E-state index contributed by atoms with van der Waals surface area (Å²) in [4.78, 5) is 2.23. The lowest BCUT2D eigenvalue weighted by atomic mass is 10.1. The van der Waals surface area contributed by atoms with Crippen molar-refractivity contribution in [3.8, 4) is 22.7 Å². The van der Waals surface area contributed by atoms with E-state index in [1.54, 1.807) is 16.9 Å². The molecule has 3 aromatic rings. The van der Waals surface area contributed by atoms with E-state index in [-0.39, 0.29) is 5.75 Å². The van der Waals surface area contributed by atoms with Crippen LogP contribution in [0.15, 0.2) is 48.8 Å². The second-order valence-electron chi connectivity index (χ2n) is 6.02. The summed E-state index contributed by atoms with van der Waals surface area (Å²) in [5.41, 5.74) is 2.11. The molecule has 0 atom stereocenters. The molecule has 2 aromatic heterocycles. The fourth-order valence-electron chi connectivity index (χ4n) is 3.01. The Balaban J connectivity index is 1.57. The number of phenols is 1. The van der Waals surface area contributed by atoms with Crippen LogP contribution in [0.4, 0.5) is 5.82 Å². The lowest BCUT2D eigenvalue weighted by molar-refractivity contribution is 0.476. The van der Waals surface area contributed by atoms with E-state index in [4.69, 9.17) is 0 Å². The van der Waals surface area contributed by atoms with Crippen molar-refractivity contribution in [1.29, 1.82) is 0 Å². The van der Waals surface area contributed by atoms with Crippen LogP contribution in [0.3, 0.4) is 0 Å². The van der Waals surface area contributed by atoms with Crippen LogP contribution in [-0.2, 0) is 0 Å². The first kappa shape index (κ1) is 15.6. The van der Waals surface area contributed by atoms with Crippen molar-refractivity contribution in [3.05, 3.63) is 48.8 Å². The minimum atomic E-state index is 0.161. The van der Waals surface area contributed by atoms with Gasteiger partial charge in [0, 0.05) is 43.7 Å². The highest BCUT2D eigenvalue weighted by Gasteiger charge is 2.13. The van der Waals surface area contributed by atoms with E-state index in [0.717, 1.165) is 44.1 Å². The molecule has 128 valence electrons. The second kappa shape index (κ2) is 6.90. The smallest absolute Gasteiger partial charge is 0.151 e. The number of rotatable bonds is 3. The Morgan fingerprint density at radius 1 is 1.04 bits per heavy atom. The van der Waals surface area contributed by atoms with Crippen LogP contribution >= 0.6 is 0 Å². The van der Waals surface area contributed by atoms with Gasteiger partial charge in [-0.25, -0.2) is 4.68 Å². The van der Waals surface area contributed by atoms with Gasteiger partial charge in [0.05, 0.1) is 11.4 Å². The highest BCUT2D eigenvalue weighted by Crippen LogP contribution is 2.30. The quantitative estimate of drug-likeness (QED) is 0.760. The molecule has 1 saturated heterocycles. The molecule has 0 spiro atoms. The normalized spacial score (nSPS) is 15.1. The number of hydrogen-bond donors (Lipinski definition) is 2. The molecular formula is C18H20N6O. The average Bonchev–Trinajstić information content (AvgIpc) is 3.05. The standard InChI is InChI=1S/C18H20N6O/c25-17-13-14(24-11-2-8-20-24)3-4-15(17)16-5-6-18(22-21-16)23-10-1-7-19-9-12-23/h2-6,8,11,13,19,25H,1,7,9-10,12H2. The molecular weight excluding hydrogens is 316 g/mol. The fourth-order valence-corrected chi connectivity index (χ4v) is 3.01. The van der Waals surface area contributed by atoms with Crippen LogP contribution in [-0.4, -0.2) is 51.3 Å². The first-order valence-corrected chi connectivity index (χ1v) is 8.44. The van der Waals surface area contributed by atoms with Crippen molar-refractivity contribution in [1.82, 2.24) is 25.3 Å². The molecule has 3 heterocycles. The Kier molecular flexibility index (Phi) is 4.30. The predicted octanol–water partition coefficient (Wildman–Crippen LogP) is 1.83. The third-order valence-electron chi connectivity index (χ3n) is 4.34. The van der Waals surface area contributed by atoms with Crippen molar-refractivity contribution < 1.29 is 5.11 Å². The summed E-state index contributed by atoms with van der Waals surface area (Å²) in [5.74, 6) is 1.04. The molecule has 0 amide bonds. The largest absolute Gasteiger partial charge is 0.507 e. The molecule has 7 nitrogen and oxygen atoms in total. The summed E-state index contributed by atoms with van der Waals surface area (Å²) in [5, 5.41) is 26.6. The van der Waals surface area contributed by atoms with E-state index >= 15 is 0 Å². The van der Waals surface area contributed by atoms with E-state index in [1.807, 2.05) is 36.5 Å². The molecule has 4 rings (SSSR count). The van der Waals surface area contributed by atoms with E-state index in [9.17, 15) is 5.11 Å². The molecule has 7 heteroatoms. The third-order valence-corrected chi connectivity index (χ3v) is 4.34. The molecule has 25 heavy (non-hydrogen) atoms. The van der Waals surface area contributed by atoms with Crippen molar-refractivity contribution in [2.45, 2.75) is 6.42 Å². The van der Waals surface area contributed by atoms with E-state index in [2.05, 4.69) is 25.5 Å². The molecule has 1 aliphatic rings. The van der Waals surface area contributed by atoms with Gasteiger partial charge < -0.3 is 15.3 Å². The Morgan fingerprint density at radius 3 is 2.76 bits per heavy atom. The zero-order valence-electron chi connectivity index (χ0n) is 13.8. The minimum Gasteiger partial charge on any atom is -0.507 e. The van der Waals surface area contributed by atoms with Gasteiger partial charge >= 0.3 is 0 Å². The van der Waals surface area contributed by atoms with Crippen molar-refractivity contribution in [2.24, 2.45) is 0 Å². The van der Waals surface area contributed by atoms with Crippen molar-refractivity contribution in [3.63, 3.8) is 0 Å². The first-order valence-electron chi connectivity index (χ1n) is 8.44. The molecule has 1 aromatic carbocycles. The minimum absolute atomic E-state index is 0.161. The lowest BCUT2D eigenvalue weighted by Gasteiger charge is -2.20. The van der Waals surface area contributed by atoms with Crippen molar-refractivity contribution >= 4 is 5.82 Å². The van der Waals surface area contributed by atoms with Gasteiger partial charge in [0.25, 0.3) is 0 Å². The number of nitrogens with one attached hydrogen (secondary N) is 1. The number of anilines is 1. The monoisotopic (exact) mass is 336 g/mol. The van der Waals surface area contributed by atoms with Gasteiger partial charge in [0.2, 0.25) is 0 Å². The highest BCUT2D eigenvalue weighted by atomic mass is 16.3. The van der Waals surface area contributed by atoms with Gasteiger partial charge in [0.15, 0.2) is 5.82 Å². The van der Waals surface area contributed by atoms with Gasteiger partial charge in [-0.3, -0.25) is 0 Å². The number of phenolic OH excluding ortho intramolecular Hbond substituents is 1. The lowest BCUT2D eigenvalue weighted by Crippen LogP contribution is -2.28. The van der Waals surface area contributed by atoms with Crippen LogP contribution < -0.4 is 10.2 Å². The summed E-state index contributed by atoms with van der Waals surface area (Å²) in [6, 6.07) is 11.1. The Bertz CT molecular complexity index is 823. The maximum absolute atomic E-state index is 10.4. The Labute approximate surface area is 145 Å². The van der Waals surface area contributed by atoms with Gasteiger partial charge in [-0.1, -0.05) is 0 Å². The molecule has 1 fully saturated rings. The number of nitrogens with zero attached hydrogens (tertiary/aromatic N) is 5. The maximum Gasteiger partial charge on any atom is 0.151 e. The summed E-state index contributed by atoms with van der Waals surface area (Å²) < 4.78 is 1.70. The third kappa shape index (κ3) is 3.32. The van der Waals surface area contributed by atoms with E-state index in [0.29, 0.717) is 11.3 Å². The van der Waals surface area contributed by atoms with Gasteiger partial charge in [-0.2, -0.15) is 5.10 Å². The predicted molar refractivity (Wildman–Crippen MR) is 96.0 cm³/mol. The van der Waals surface area contributed by atoms with Crippen molar-refractivity contribution in [2.75, 3.05) is 31.1 Å². The van der Waals surface area contributed by atoms with Crippen LogP contribution in [0, 0.1) is 0 Å². The summed E-state index contributed by atoms with van der Waals surface area (Å²) in [6.07, 6.45) is 4.63. The van der Waals surface area contributed by atoms with E-state index in [1.165, 1.54) is 0 Å². The first-order chi connectivity index (χ1) is 12.3. The molecule has 0 unspecified atom stereocenters. The van der Waals surface area contributed by atoms with Crippen LogP contribution in [0.25, 0.3) is 16.9 Å². The Hall–Kier alpha value is -2.93. The summed E-state index contributed by atoms with van der Waals surface area (Å²) in [7, 11) is 0. The van der Waals surface area contributed by atoms with Gasteiger partial charge in [-0.15, -0.1) is 10.2 Å². The molecule has 0 aliphatic carbocycles. The van der Waals surface area contributed by atoms with Crippen LogP contribution in [0.5, 0.6) is 5.75 Å². The molecule has 1 aliphatic heterocycles. The summed E-state index contributed by atoms with van der Waals surface area (Å²) in [6.45, 7) is 3.90. The zero-order chi connectivity index (χ0) is 17.1. The zero-order valence-corrected chi connectivity index (χ0v) is 13.8. The van der Waals surface area contributed by atoms with Gasteiger partial charge in [-0.05, 0) is 43.3 Å². The highest BCUT2D eigenvalue weighted by molar-refractivity contribution is 5.68. The Morgan fingerprint density at radius 2 is 2.00 bits per heavy atom. The number of benzene rings is 1. The number of hydrogen-bond acceptors (Lipinski definition) is 6. The van der Waals surface area contributed by atoms with Crippen LogP contribution in [0.1, 0.15) is 6.42 Å². The molecule has 0 radical (unpaired) electrons.